The minimum atomic E-state index is -0.765. The van der Waals surface area contributed by atoms with Crippen LogP contribution in [0.1, 0.15) is 18.1 Å². The zero-order valence-electron chi connectivity index (χ0n) is 9.92. The van der Waals surface area contributed by atoms with Gasteiger partial charge in [0.05, 0.1) is 0 Å². The van der Waals surface area contributed by atoms with Crippen LogP contribution < -0.4 is 5.32 Å². The molecule has 0 bridgehead atoms. The Morgan fingerprint density at radius 1 is 1.50 bits per heavy atom. The monoisotopic (exact) mass is 259 g/mol. The molecule has 0 aliphatic heterocycles. The van der Waals surface area contributed by atoms with E-state index in [-0.39, 0.29) is 5.25 Å². The summed E-state index contributed by atoms with van der Waals surface area (Å²) >= 11 is 6.03. The fraction of sp³-hybridized carbons (Fsp3) is 0.500. The average Bonchev–Trinajstić information content (AvgIpc) is 2.23. The van der Waals surface area contributed by atoms with Gasteiger partial charge >= 0.3 is 0 Å². The number of rotatable bonds is 5. The Kier molecular flexibility index (Phi) is 5.46. The van der Waals surface area contributed by atoms with Crippen molar-refractivity contribution < 1.29 is 4.21 Å². The summed E-state index contributed by atoms with van der Waals surface area (Å²) in [4.78, 5) is 0. The van der Waals surface area contributed by atoms with Crippen molar-refractivity contribution in [3.8, 4) is 0 Å². The minimum absolute atomic E-state index is 0.181. The number of aryl methyl sites for hydroxylation is 1. The highest BCUT2D eigenvalue weighted by Gasteiger charge is 2.05. The van der Waals surface area contributed by atoms with E-state index in [9.17, 15) is 4.21 Å². The maximum Gasteiger partial charge on any atom is 0.0441 e. The van der Waals surface area contributed by atoms with Crippen molar-refractivity contribution in [2.45, 2.75) is 25.6 Å². The van der Waals surface area contributed by atoms with Crippen LogP contribution in [0.25, 0.3) is 0 Å². The van der Waals surface area contributed by atoms with E-state index in [0.717, 1.165) is 29.2 Å². The molecule has 0 aliphatic carbocycles. The van der Waals surface area contributed by atoms with Crippen LogP contribution in [0.2, 0.25) is 5.02 Å². The van der Waals surface area contributed by atoms with Gasteiger partial charge in [-0.15, -0.1) is 0 Å². The zero-order valence-corrected chi connectivity index (χ0v) is 11.5. The molecule has 0 saturated carbocycles. The van der Waals surface area contributed by atoms with Crippen molar-refractivity contribution in [3.63, 3.8) is 0 Å². The number of hydrogen-bond acceptors (Lipinski definition) is 2. The molecule has 4 heteroatoms. The number of benzene rings is 1. The molecule has 2 nitrogen and oxygen atoms in total. The van der Waals surface area contributed by atoms with Crippen LogP contribution in [0.3, 0.4) is 0 Å². The molecule has 0 heterocycles. The van der Waals surface area contributed by atoms with Crippen molar-refractivity contribution in [3.05, 3.63) is 34.3 Å². The quantitative estimate of drug-likeness (QED) is 0.880. The second-order valence-corrected chi connectivity index (χ2v) is 6.23. The third-order valence-corrected chi connectivity index (χ3v) is 4.27. The predicted octanol–water partition coefficient (Wildman–Crippen LogP) is 2.51. The fourth-order valence-electron chi connectivity index (χ4n) is 1.28. The van der Waals surface area contributed by atoms with Crippen LogP contribution >= 0.6 is 11.6 Å². The molecule has 0 saturated heterocycles. The van der Waals surface area contributed by atoms with Gasteiger partial charge in [-0.3, -0.25) is 4.21 Å². The third-order valence-electron chi connectivity index (χ3n) is 2.56. The summed E-state index contributed by atoms with van der Waals surface area (Å²) in [6.45, 7) is 5.49. The molecule has 1 aromatic carbocycles. The summed E-state index contributed by atoms with van der Waals surface area (Å²) in [6.07, 6.45) is 1.73. The smallest absolute Gasteiger partial charge is 0.0441 e. The molecular formula is C12H18ClNOS. The molecule has 1 N–H and O–H groups in total. The van der Waals surface area contributed by atoms with E-state index in [1.54, 1.807) is 6.26 Å². The van der Waals surface area contributed by atoms with Gasteiger partial charge in [0.25, 0.3) is 0 Å². The Balaban J connectivity index is 2.43. The van der Waals surface area contributed by atoms with Crippen LogP contribution in [0.5, 0.6) is 0 Å². The standard InChI is InChI=1S/C12H18ClNOS/c1-9-4-5-11(6-12(9)13)8-14-7-10(2)16(3)15/h4-6,10,14H,7-8H2,1-3H3. The Labute approximate surface area is 105 Å². The molecule has 2 unspecified atom stereocenters. The van der Waals surface area contributed by atoms with E-state index in [1.165, 1.54) is 0 Å². The molecule has 1 aromatic rings. The first kappa shape index (κ1) is 13.7. The molecule has 0 aliphatic rings. The van der Waals surface area contributed by atoms with Gasteiger partial charge in [-0.2, -0.15) is 0 Å². The van der Waals surface area contributed by atoms with Crippen LogP contribution in [-0.2, 0) is 17.3 Å². The summed E-state index contributed by atoms with van der Waals surface area (Å²) in [5.74, 6) is 0. The van der Waals surface area contributed by atoms with Gasteiger partial charge in [0.2, 0.25) is 0 Å². The zero-order chi connectivity index (χ0) is 12.1. The number of nitrogens with one attached hydrogen (secondary N) is 1. The van der Waals surface area contributed by atoms with Gasteiger partial charge in [-0.05, 0) is 31.0 Å². The third kappa shape index (κ3) is 4.24. The lowest BCUT2D eigenvalue weighted by Crippen LogP contribution is -2.27. The second-order valence-electron chi connectivity index (χ2n) is 4.02. The lowest BCUT2D eigenvalue weighted by Gasteiger charge is -2.10. The first-order valence-corrected chi connectivity index (χ1v) is 7.28. The Bertz CT molecular complexity index is 381. The van der Waals surface area contributed by atoms with E-state index in [2.05, 4.69) is 11.4 Å². The normalized spacial score (nSPS) is 14.8. The van der Waals surface area contributed by atoms with Crippen LogP contribution in [0.4, 0.5) is 0 Å². The van der Waals surface area contributed by atoms with Crippen molar-refractivity contribution in [1.82, 2.24) is 5.32 Å². The van der Waals surface area contributed by atoms with Gasteiger partial charge in [0, 0.05) is 40.4 Å². The Morgan fingerprint density at radius 2 is 2.19 bits per heavy atom. The van der Waals surface area contributed by atoms with Gasteiger partial charge in [0.15, 0.2) is 0 Å². The van der Waals surface area contributed by atoms with Gasteiger partial charge in [-0.25, -0.2) is 0 Å². The summed E-state index contributed by atoms with van der Waals surface area (Å²) in [7, 11) is -0.765. The molecule has 0 radical (unpaired) electrons. The fourth-order valence-corrected chi connectivity index (χ4v) is 1.84. The highest BCUT2D eigenvalue weighted by atomic mass is 35.5. The summed E-state index contributed by atoms with van der Waals surface area (Å²) in [6, 6.07) is 6.04. The van der Waals surface area contributed by atoms with Crippen molar-refractivity contribution in [2.24, 2.45) is 0 Å². The molecule has 1 rings (SSSR count). The first-order chi connectivity index (χ1) is 7.50. The Hall–Kier alpha value is -0.380. The van der Waals surface area contributed by atoms with Crippen LogP contribution in [0.15, 0.2) is 18.2 Å². The molecule has 0 aromatic heterocycles. The molecule has 90 valence electrons. The average molecular weight is 260 g/mol. The molecule has 0 spiro atoms. The summed E-state index contributed by atoms with van der Waals surface area (Å²) < 4.78 is 11.1. The molecule has 0 amide bonds. The summed E-state index contributed by atoms with van der Waals surface area (Å²) in [5, 5.41) is 4.26. The molecular weight excluding hydrogens is 242 g/mol. The predicted molar refractivity (Wildman–Crippen MR) is 71.4 cm³/mol. The van der Waals surface area contributed by atoms with E-state index >= 15 is 0 Å². The lowest BCUT2D eigenvalue weighted by molar-refractivity contribution is 0.647. The van der Waals surface area contributed by atoms with E-state index < -0.39 is 10.8 Å². The van der Waals surface area contributed by atoms with Gasteiger partial charge in [0.1, 0.15) is 0 Å². The van der Waals surface area contributed by atoms with Crippen molar-refractivity contribution in [2.75, 3.05) is 12.8 Å². The van der Waals surface area contributed by atoms with E-state index in [4.69, 9.17) is 11.6 Å². The molecule has 16 heavy (non-hydrogen) atoms. The number of hydrogen-bond donors (Lipinski definition) is 1. The van der Waals surface area contributed by atoms with E-state index in [1.807, 2.05) is 26.0 Å². The van der Waals surface area contributed by atoms with Gasteiger partial charge < -0.3 is 5.32 Å². The van der Waals surface area contributed by atoms with Crippen LogP contribution in [-0.4, -0.2) is 22.3 Å². The second kappa shape index (κ2) is 6.38. The van der Waals surface area contributed by atoms with E-state index in [0.29, 0.717) is 0 Å². The molecule has 2 atom stereocenters. The SMILES string of the molecule is Cc1ccc(CNCC(C)S(C)=O)cc1Cl. The highest BCUT2D eigenvalue weighted by Crippen LogP contribution is 2.16. The first-order valence-electron chi connectivity index (χ1n) is 5.28. The molecule has 0 fully saturated rings. The largest absolute Gasteiger partial charge is 0.311 e. The number of halogens is 1. The van der Waals surface area contributed by atoms with Gasteiger partial charge in [-0.1, -0.05) is 23.7 Å². The van der Waals surface area contributed by atoms with Crippen LogP contribution in [0, 0.1) is 6.92 Å². The lowest BCUT2D eigenvalue weighted by atomic mass is 10.1. The topological polar surface area (TPSA) is 29.1 Å². The maximum atomic E-state index is 11.1. The minimum Gasteiger partial charge on any atom is -0.311 e. The van der Waals surface area contributed by atoms with Crippen molar-refractivity contribution in [1.29, 1.82) is 0 Å². The maximum absolute atomic E-state index is 11.1. The highest BCUT2D eigenvalue weighted by molar-refractivity contribution is 7.84. The summed E-state index contributed by atoms with van der Waals surface area (Å²) in [5.41, 5.74) is 2.25. The Morgan fingerprint density at radius 3 is 2.75 bits per heavy atom. The van der Waals surface area contributed by atoms with Crippen molar-refractivity contribution >= 4 is 22.4 Å².